The molecule has 108 valence electrons. The van der Waals surface area contributed by atoms with Crippen LogP contribution >= 0.6 is 0 Å². The van der Waals surface area contributed by atoms with Gasteiger partial charge in [0.05, 0.1) is 23.4 Å². The van der Waals surface area contributed by atoms with E-state index in [1.54, 1.807) is 24.5 Å². The van der Waals surface area contributed by atoms with E-state index >= 15 is 0 Å². The molecule has 1 unspecified atom stereocenters. The summed E-state index contributed by atoms with van der Waals surface area (Å²) in [6, 6.07) is 10.4. The topological polar surface area (TPSA) is 43.8 Å². The predicted octanol–water partition coefficient (Wildman–Crippen LogP) is 3.49. The van der Waals surface area contributed by atoms with E-state index in [1.165, 1.54) is 17.2 Å². The molecule has 0 spiro atoms. The van der Waals surface area contributed by atoms with Crippen LogP contribution in [-0.4, -0.2) is 9.55 Å². The fourth-order valence-electron chi connectivity index (χ4n) is 2.54. The van der Waals surface area contributed by atoms with Crippen LogP contribution in [0, 0.1) is 19.7 Å². The van der Waals surface area contributed by atoms with E-state index < -0.39 is 6.04 Å². The van der Waals surface area contributed by atoms with E-state index in [-0.39, 0.29) is 5.82 Å². The summed E-state index contributed by atoms with van der Waals surface area (Å²) in [6.07, 6.45) is 1.77. The lowest BCUT2D eigenvalue weighted by molar-refractivity contribution is 0.538. The monoisotopic (exact) mass is 283 g/mol. The molecule has 21 heavy (non-hydrogen) atoms. The Kier molecular flexibility index (Phi) is 3.47. The molecule has 4 heteroatoms. The number of nitrogens with two attached hydrogens (primary N) is 1. The number of rotatable bonds is 3. The zero-order valence-electron chi connectivity index (χ0n) is 12.2. The zero-order valence-corrected chi connectivity index (χ0v) is 12.2. The molecule has 0 aliphatic carbocycles. The van der Waals surface area contributed by atoms with E-state index in [9.17, 15) is 4.39 Å². The molecular weight excluding hydrogens is 265 g/mol. The summed E-state index contributed by atoms with van der Waals surface area (Å²) in [5.41, 5.74) is 11.1. The molecule has 0 bridgehead atoms. The predicted molar refractivity (Wildman–Crippen MR) is 82.5 cm³/mol. The minimum Gasteiger partial charge on any atom is -0.329 e. The second-order valence-corrected chi connectivity index (χ2v) is 5.45. The van der Waals surface area contributed by atoms with Crippen LogP contribution in [0.5, 0.6) is 0 Å². The SMILES string of the molecule is Cc1cc2ncn(CC(N)c3ccccc3F)c2cc1C. The van der Waals surface area contributed by atoms with Crippen LogP contribution in [0.1, 0.15) is 22.7 Å². The second-order valence-electron chi connectivity index (χ2n) is 5.45. The van der Waals surface area contributed by atoms with Crippen LogP contribution in [0.2, 0.25) is 0 Å². The smallest absolute Gasteiger partial charge is 0.128 e. The van der Waals surface area contributed by atoms with Gasteiger partial charge >= 0.3 is 0 Å². The lowest BCUT2D eigenvalue weighted by Crippen LogP contribution is -2.18. The van der Waals surface area contributed by atoms with Crippen LogP contribution in [0.25, 0.3) is 11.0 Å². The number of imidazole rings is 1. The number of nitrogens with zero attached hydrogens (tertiary/aromatic N) is 2. The van der Waals surface area contributed by atoms with Crippen molar-refractivity contribution in [3.8, 4) is 0 Å². The van der Waals surface area contributed by atoms with Crippen molar-refractivity contribution in [2.24, 2.45) is 5.73 Å². The van der Waals surface area contributed by atoms with Crippen LogP contribution < -0.4 is 5.73 Å². The van der Waals surface area contributed by atoms with Gasteiger partial charge in [0.1, 0.15) is 5.82 Å². The number of fused-ring (bicyclic) bond motifs is 1. The van der Waals surface area contributed by atoms with Gasteiger partial charge in [-0.15, -0.1) is 0 Å². The van der Waals surface area contributed by atoms with Crippen LogP contribution in [0.3, 0.4) is 0 Å². The van der Waals surface area contributed by atoms with Gasteiger partial charge in [0.25, 0.3) is 0 Å². The number of hydrogen-bond donors (Lipinski definition) is 1. The van der Waals surface area contributed by atoms with E-state index in [0.717, 1.165) is 11.0 Å². The standard InChI is InChI=1S/C17H18FN3/c1-11-7-16-17(8-12(11)2)21(10-20-16)9-15(19)13-5-3-4-6-14(13)18/h3-8,10,15H,9,19H2,1-2H3. The average Bonchev–Trinajstić information content (AvgIpc) is 2.82. The summed E-state index contributed by atoms with van der Waals surface area (Å²) < 4.78 is 15.8. The molecule has 1 heterocycles. The Hall–Kier alpha value is -2.20. The van der Waals surface area contributed by atoms with Crippen molar-refractivity contribution >= 4 is 11.0 Å². The van der Waals surface area contributed by atoms with Gasteiger partial charge in [-0.1, -0.05) is 18.2 Å². The summed E-state index contributed by atoms with van der Waals surface area (Å²) in [5.74, 6) is -0.263. The van der Waals surface area contributed by atoms with Gasteiger partial charge in [-0.05, 0) is 43.2 Å². The van der Waals surface area contributed by atoms with E-state index in [4.69, 9.17) is 5.73 Å². The molecule has 0 amide bonds. The number of aryl methyl sites for hydroxylation is 2. The van der Waals surface area contributed by atoms with Crippen molar-refractivity contribution in [1.82, 2.24) is 9.55 Å². The lowest BCUT2D eigenvalue weighted by Gasteiger charge is -2.14. The Morgan fingerprint density at radius 2 is 1.90 bits per heavy atom. The molecule has 0 fully saturated rings. The first-order valence-electron chi connectivity index (χ1n) is 6.98. The average molecular weight is 283 g/mol. The number of halogens is 1. The summed E-state index contributed by atoms with van der Waals surface area (Å²) in [4.78, 5) is 4.40. The van der Waals surface area contributed by atoms with E-state index in [1.807, 2.05) is 4.57 Å². The lowest BCUT2D eigenvalue weighted by atomic mass is 10.1. The molecule has 1 aromatic heterocycles. The fourth-order valence-corrected chi connectivity index (χ4v) is 2.54. The summed E-state index contributed by atoms with van der Waals surface area (Å²) in [5, 5.41) is 0. The highest BCUT2D eigenvalue weighted by atomic mass is 19.1. The molecule has 2 aromatic carbocycles. The zero-order chi connectivity index (χ0) is 15.0. The van der Waals surface area contributed by atoms with Crippen molar-refractivity contribution in [3.63, 3.8) is 0 Å². The van der Waals surface area contributed by atoms with Crippen molar-refractivity contribution in [2.45, 2.75) is 26.4 Å². The van der Waals surface area contributed by atoms with Gasteiger partial charge < -0.3 is 10.3 Å². The van der Waals surface area contributed by atoms with Gasteiger partial charge in [-0.3, -0.25) is 0 Å². The summed E-state index contributed by atoms with van der Waals surface area (Å²) in [7, 11) is 0. The molecule has 0 aliphatic rings. The van der Waals surface area contributed by atoms with Crippen LogP contribution in [0.4, 0.5) is 4.39 Å². The Morgan fingerprint density at radius 3 is 2.67 bits per heavy atom. The maximum atomic E-state index is 13.8. The summed E-state index contributed by atoms with van der Waals surface area (Å²) >= 11 is 0. The first-order chi connectivity index (χ1) is 10.1. The maximum absolute atomic E-state index is 13.8. The van der Waals surface area contributed by atoms with Crippen molar-refractivity contribution in [1.29, 1.82) is 0 Å². The molecule has 1 atom stereocenters. The highest BCUT2D eigenvalue weighted by molar-refractivity contribution is 5.77. The molecule has 3 rings (SSSR count). The van der Waals surface area contributed by atoms with Gasteiger partial charge in [0.15, 0.2) is 0 Å². The molecular formula is C17H18FN3. The van der Waals surface area contributed by atoms with Crippen molar-refractivity contribution in [3.05, 3.63) is 65.2 Å². The molecule has 0 saturated heterocycles. The Morgan fingerprint density at radius 1 is 1.19 bits per heavy atom. The first-order valence-corrected chi connectivity index (χ1v) is 6.98. The van der Waals surface area contributed by atoms with Crippen LogP contribution in [-0.2, 0) is 6.54 Å². The number of aromatic nitrogens is 2. The van der Waals surface area contributed by atoms with E-state index in [0.29, 0.717) is 12.1 Å². The normalized spacial score (nSPS) is 12.8. The third-order valence-electron chi connectivity index (χ3n) is 3.93. The van der Waals surface area contributed by atoms with Crippen molar-refractivity contribution < 1.29 is 4.39 Å². The quantitative estimate of drug-likeness (QED) is 0.799. The Labute approximate surface area is 123 Å². The molecule has 0 radical (unpaired) electrons. The molecule has 0 saturated carbocycles. The minimum atomic E-state index is -0.398. The highest BCUT2D eigenvalue weighted by Crippen LogP contribution is 2.22. The molecule has 2 N–H and O–H groups in total. The van der Waals surface area contributed by atoms with Crippen molar-refractivity contribution in [2.75, 3.05) is 0 Å². The molecule has 3 aromatic rings. The third-order valence-corrected chi connectivity index (χ3v) is 3.93. The number of benzene rings is 2. The largest absolute Gasteiger partial charge is 0.329 e. The van der Waals surface area contributed by atoms with E-state index in [2.05, 4.69) is 31.0 Å². The first kappa shape index (κ1) is 13.8. The minimum absolute atomic E-state index is 0.263. The fraction of sp³-hybridized carbons (Fsp3) is 0.235. The molecule has 3 nitrogen and oxygen atoms in total. The van der Waals surface area contributed by atoms with Crippen LogP contribution in [0.15, 0.2) is 42.7 Å². The third kappa shape index (κ3) is 2.54. The summed E-state index contributed by atoms with van der Waals surface area (Å²) in [6.45, 7) is 4.64. The Bertz CT molecular complexity index is 792. The Balaban J connectivity index is 1.95. The van der Waals surface area contributed by atoms with Gasteiger partial charge in [0, 0.05) is 12.1 Å². The van der Waals surface area contributed by atoms with Gasteiger partial charge in [-0.25, -0.2) is 9.37 Å². The van der Waals surface area contributed by atoms with Gasteiger partial charge in [0.2, 0.25) is 0 Å². The molecule has 0 aliphatic heterocycles. The van der Waals surface area contributed by atoms with Gasteiger partial charge in [-0.2, -0.15) is 0 Å². The number of hydrogen-bond acceptors (Lipinski definition) is 2. The second kappa shape index (κ2) is 5.30. The highest BCUT2D eigenvalue weighted by Gasteiger charge is 2.13. The maximum Gasteiger partial charge on any atom is 0.128 e.